The maximum absolute atomic E-state index is 5.47. The van der Waals surface area contributed by atoms with Gasteiger partial charge in [-0.15, -0.1) is 0 Å². The molecule has 0 aliphatic carbocycles. The third-order valence-electron chi connectivity index (χ3n) is 1.71. The van der Waals surface area contributed by atoms with Crippen LogP contribution in [0.3, 0.4) is 0 Å². The average Bonchev–Trinajstić information content (AvgIpc) is 2.16. The fourth-order valence-electron chi connectivity index (χ4n) is 1.04. The fraction of sp³-hybridized carbons (Fsp3) is 0.600. The SMILES string of the molecule is CC(C)SCc1nccc(CCN)n1. The van der Waals surface area contributed by atoms with E-state index in [-0.39, 0.29) is 0 Å². The Hall–Kier alpha value is -0.610. The van der Waals surface area contributed by atoms with Crippen molar-refractivity contribution in [3.05, 3.63) is 23.8 Å². The predicted octanol–water partition coefficient (Wildman–Crippen LogP) is 1.62. The summed E-state index contributed by atoms with van der Waals surface area (Å²) < 4.78 is 0. The zero-order chi connectivity index (χ0) is 10.4. The number of hydrogen-bond donors (Lipinski definition) is 1. The minimum Gasteiger partial charge on any atom is -0.330 e. The van der Waals surface area contributed by atoms with Gasteiger partial charge in [-0.3, -0.25) is 0 Å². The van der Waals surface area contributed by atoms with Gasteiger partial charge >= 0.3 is 0 Å². The molecule has 0 saturated heterocycles. The Balaban J connectivity index is 2.54. The summed E-state index contributed by atoms with van der Waals surface area (Å²) in [6, 6.07) is 1.93. The van der Waals surface area contributed by atoms with E-state index < -0.39 is 0 Å². The number of hydrogen-bond acceptors (Lipinski definition) is 4. The predicted molar refractivity (Wildman–Crippen MR) is 61.2 cm³/mol. The fourth-order valence-corrected chi connectivity index (χ4v) is 1.66. The van der Waals surface area contributed by atoms with Crippen molar-refractivity contribution in [2.45, 2.75) is 31.3 Å². The summed E-state index contributed by atoms with van der Waals surface area (Å²) >= 11 is 1.85. The van der Waals surface area contributed by atoms with Gasteiger partial charge in [0.25, 0.3) is 0 Å². The van der Waals surface area contributed by atoms with Crippen molar-refractivity contribution >= 4 is 11.8 Å². The molecule has 2 N–H and O–H groups in total. The highest BCUT2D eigenvalue weighted by Gasteiger charge is 2.01. The second-order valence-corrected chi connectivity index (χ2v) is 4.93. The second kappa shape index (κ2) is 5.98. The molecule has 1 aromatic rings. The minimum atomic E-state index is 0.622. The van der Waals surface area contributed by atoms with Crippen LogP contribution in [0.25, 0.3) is 0 Å². The molecule has 0 unspecified atom stereocenters. The zero-order valence-corrected chi connectivity index (χ0v) is 9.55. The van der Waals surface area contributed by atoms with Gasteiger partial charge in [-0.25, -0.2) is 9.97 Å². The van der Waals surface area contributed by atoms with Crippen LogP contribution >= 0.6 is 11.8 Å². The molecule has 78 valence electrons. The van der Waals surface area contributed by atoms with Crippen LogP contribution in [0, 0.1) is 0 Å². The van der Waals surface area contributed by atoms with Crippen LogP contribution in [-0.4, -0.2) is 21.8 Å². The molecule has 0 amide bonds. The van der Waals surface area contributed by atoms with Gasteiger partial charge in [-0.05, 0) is 17.9 Å². The van der Waals surface area contributed by atoms with E-state index in [1.807, 2.05) is 24.0 Å². The maximum Gasteiger partial charge on any atom is 0.138 e. The van der Waals surface area contributed by atoms with Crippen LogP contribution in [0.1, 0.15) is 25.4 Å². The van der Waals surface area contributed by atoms with Crippen LogP contribution < -0.4 is 5.73 Å². The van der Waals surface area contributed by atoms with E-state index in [0.29, 0.717) is 11.8 Å². The Bertz CT molecular complexity index is 276. The molecule has 0 aromatic carbocycles. The van der Waals surface area contributed by atoms with Crippen molar-refractivity contribution in [2.75, 3.05) is 6.54 Å². The summed E-state index contributed by atoms with van der Waals surface area (Å²) in [5.41, 5.74) is 6.51. The Morgan fingerprint density at radius 2 is 2.29 bits per heavy atom. The lowest BCUT2D eigenvalue weighted by atomic mass is 10.3. The topological polar surface area (TPSA) is 51.8 Å². The van der Waals surface area contributed by atoms with E-state index in [9.17, 15) is 0 Å². The van der Waals surface area contributed by atoms with Gasteiger partial charge in [0.15, 0.2) is 0 Å². The Morgan fingerprint density at radius 1 is 1.50 bits per heavy atom. The highest BCUT2D eigenvalue weighted by Crippen LogP contribution is 2.14. The van der Waals surface area contributed by atoms with Gasteiger partial charge in [-0.2, -0.15) is 11.8 Å². The summed E-state index contributed by atoms with van der Waals surface area (Å²) in [6.45, 7) is 5.00. The van der Waals surface area contributed by atoms with E-state index in [1.165, 1.54) is 0 Å². The van der Waals surface area contributed by atoms with Crippen molar-refractivity contribution in [1.82, 2.24) is 9.97 Å². The van der Waals surface area contributed by atoms with Gasteiger partial charge in [0.05, 0.1) is 5.75 Å². The standard InChI is InChI=1S/C10H17N3S/c1-8(2)14-7-10-12-6-4-9(13-10)3-5-11/h4,6,8H,3,5,7,11H2,1-2H3. The van der Waals surface area contributed by atoms with Crippen LogP contribution in [0.4, 0.5) is 0 Å². The van der Waals surface area contributed by atoms with Crippen LogP contribution in [-0.2, 0) is 12.2 Å². The molecule has 1 heterocycles. The molecule has 0 spiro atoms. The molecule has 0 fully saturated rings. The number of nitrogens with two attached hydrogens (primary N) is 1. The average molecular weight is 211 g/mol. The number of thioether (sulfide) groups is 1. The minimum absolute atomic E-state index is 0.622. The smallest absolute Gasteiger partial charge is 0.138 e. The highest BCUT2D eigenvalue weighted by molar-refractivity contribution is 7.99. The van der Waals surface area contributed by atoms with E-state index in [0.717, 1.165) is 23.7 Å². The molecule has 0 atom stereocenters. The Labute approximate surface area is 89.5 Å². The number of nitrogens with zero attached hydrogens (tertiary/aromatic N) is 2. The molecule has 4 heteroatoms. The molecule has 0 aliphatic heterocycles. The maximum atomic E-state index is 5.47. The van der Waals surface area contributed by atoms with Crippen molar-refractivity contribution < 1.29 is 0 Å². The molecule has 0 saturated carbocycles. The van der Waals surface area contributed by atoms with Gasteiger partial charge in [0.1, 0.15) is 5.82 Å². The first-order chi connectivity index (χ1) is 6.72. The van der Waals surface area contributed by atoms with E-state index >= 15 is 0 Å². The largest absolute Gasteiger partial charge is 0.330 e. The third kappa shape index (κ3) is 4.07. The first kappa shape index (κ1) is 11.5. The molecule has 0 aliphatic rings. The molecule has 14 heavy (non-hydrogen) atoms. The zero-order valence-electron chi connectivity index (χ0n) is 8.73. The molecule has 1 aromatic heterocycles. The van der Waals surface area contributed by atoms with Gasteiger partial charge in [0, 0.05) is 18.3 Å². The molecule has 1 rings (SSSR count). The molecular weight excluding hydrogens is 194 g/mol. The van der Waals surface area contributed by atoms with Crippen LogP contribution in [0.5, 0.6) is 0 Å². The lowest BCUT2D eigenvalue weighted by molar-refractivity contribution is 0.882. The molecule has 3 nitrogen and oxygen atoms in total. The monoisotopic (exact) mass is 211 g/mol. The van der Waals surface area contributed by atoms with E-state index in [4.69, 9.17) is 5.73 Å². The van der Waals surface area contributed by atoms with Crippen molar-refractivity contribution in [3.8, 4) is 0 Å². The van der Waals surface area contributed by atoms with Crippen molar-refractivity contribution in [3.63, 3.8) is 0 Å². The summed E-state index contributed by atoms with van der Waals surface area (Å²) in [5.74, 6) is 1.80. The first-order valence-electron chi connectivity index (χ1n) is 4.85. The van der Waals surface area contributed by atoms with E-state index in [1.54, 1.807) is 0 Å². The second-order valence-electron chi connectivity index (χ2n) is 3.36. The summed E-state index contributed by atoms with van der Waals surface area (Å²) in [6.07, 6.45) is 2.65. The van der Waals surface area contributed by atoms with Gasteiger partial charge < -0.3 is 5.73 Å². The number of rotatable bonds is 5. The third-order valence-corrected chi connectivity index (χ3v) is 2.80. The lowest BCUT2D eigenvalue weighted by Gasteiger charge is -2.04. The summed E-state index contributed by atoms with van der Waals surface area (Å²) in [5, 5.41) is 0.622. The first-order valence-corrected chi connectivity index (χ1v) is 5.89. The Kier molecular flexibility index (Phi) is 4.90. The van der Waals surface area contributed by atoms with E-state index in [2.05, 4.69) is 23.8 Å². The van der Waals surface area contributed by atoms with Crippen molar-refractivity contribution in [2.24, 2.45) is 5.73 Å². The van der Waals surface area contributed by atoms with Crippen LogP contribution in [0.2, 0.25) is 0 Å². The van der Waals surface area contributed by atoms with Gasteiger partial charge in [0.2, 0.25) is 0 Å². The van der Waals surface area contributed by atoms with Crippen LogP contribution in [0.15, 0.2) is 12.3 Å². The lowest BCUT2D eigenvalue weighted by Crippen LogP contribution is -2.06. The molecular formula is C10H17N3S. The molecule has 0 radical (unpaired) electrons. The normalized spacial score (nSPS) is 10.9. The van der Waals surface area contributed by atoms with Crippen molar-refractivity contribution in [1.29, 1.82) is 0 Å². The number of aromatic nitrogens is 2. The highest BCUT2D eigenvalue weighted by atomic mass is 32.2. The molecule has 0 bridgehead atoms. The summed E-state index contributed by atoms with van der Waals surface area (Å²) in [4.78, 5) is 8.64. The quantitative estimate of drug-likeness (QED) is 0.804. The summed E-state index contributed by atoms with van der Waals surface area (Å²) in [7, 11) is 0. The Morgan fingerprint density at radius 3 is 2.93 bits per heavy atom. The van der Waals surface area contributed by atoms with Gasteiger partial charge in [-0.1, -0.05) is 13.8 Å².